The molecular formula is C78H148O17P2. The molecule has 0 aromatic heterocycles. The molecule has 0 bridgehead atoms. The average Bonchev–Trinajstić information content (AvgIpc) is 1.22. The molecule has 0 rings (SSSR count). The van der Waals surface area contributed by atoms with Crippen LogP contribution in [0, 0.1) is 17.8 Å². The number of hydrogen-bond acceptors (Lipinski definition) is 15. The first-order valence-electron chi connectivity index (χ1n) is 39.7. The van der Waals surface area contributed by atoms with Crippen LogP contribution in [0.4, 0.5) is 0 Å². The van der Waals surface area contributed by atoms with Gasteiger partial charge in [0.25, 0.3) is 0 Å². The van der Waals surface area contributed by atoms with E-state index < -0.39 is 97.5 Å². The fourth-order valence-electron chi connectivity index (χ4n) is 11.4. The maximum atomic E-state index is 13.1. The van der Waals surface area contributed by atoms with Crippen molar-refractivity contribution in [1.82, 2.24) is 0 Å². The topological polar surface area (TPSA) is 237 Å². The largest absolute Gasteiger partial charge is 0.472 e. The van der Waals surface area contributed by atoms with Crippen LogP contribution in [0.25, 0.3) is 0 Å². The molecule has 6 atom stereocenters. The fraction of sp³-hybridized carbons (Fsp3) is 0.897. The number of ether oxygens (including phenoxy) is 4. The Hall–Kier alpha value is -2.46. The van der Waals surface area contributed by atoms with Crippen molar-refractivity contribution in [2.75, 3.05) is 39.6 Å². The number of hydrogen-bond donors (Lipinski definition) is 3. The molecule has 0 aromatic rings. The van der Waals surface area contributed by atoms with Crippen molar-refractivity contribution in [2.45, 2.75) is 394 Å². The Morgan fingerprint density at radius 2 is 0.608 bits per heavy atom. The van der Waals surface area contributed by atoms with E-state index in [9.17, 15) is 43.2 Å². The smallest absolute Gasteiger partial charge is 0.462 e. The van der Waals surface area contributed by atoms with Crippen LogP contribution in [0.5, 0.6) is 0 Å². The predicted molar refractivity (Wildman–Crippen MR) is 395 cm³/mol. The lowest BCUT2D eigenvalue weighted by atomic mass is 10.00. The van der Waals surface area contributed by atoms with Crippen LogP contribution in [0.3, 0.4) is 0 Å². The molecule has 19 heteroatoms. The normalized spacial score (nSPS) is 14.5. The predicted octanol–water partition coefficient (Wildman–Crippen LogP) is 22.5. The van der Waals surface area contributed by atoms with Crippen LogP contribution in [0.2, 0.25) is 0 Å². The third-order valence-corrected chi connectivity index (χ3v) is 19.8. The molecule has 0 spiro atoms. The number of rotatable bonds is 74. The van der Waals surface area contributed by atoms with Gasteiger partial charge in [0.2, 0.25) is 0 Å². The maximum Gasteiger partial charge on any atom is 0.472 e. The van der Waals surface area contributed by atoms with Crippen LogP contribution in [-0.4, -0.2) is 96.7 Å². The minimum atomic E-state index is -4.97. The van der Waals surface area contributed by atoms with Crippen molar-refractivity contribution in [2.24, 2.45) is 17.8 Å². The lowest BCUT2D eigenvalue weighted by molar-refractivity contribution is -0.161. The summed E-state index contributed by atoms with van der Waals surface area (Å²) in [6.45, 7) is 11.8. The van der Waals surface area contributed by atoms with Gasteiger partial charge >= 0.3 is 39.5 Å². The average molecular weight is 1420 g/mol. The number of carbonyl (C=O) groups is 4. The van der Waals surface area contributed by atoms with Crippen LogP contribution >= 0.6 is 15.6 Å². The Balaban J connectivity index is 5.23. The zero-order valence-electron chi connectivity index (χ0n) is 63.0. The number of allylic oxidation sites excluding steroid dienone is 4. The van der Waals surface area contributed by atoms with E-state index in [1.54, 1.807) is 0 Å². The first kappa shape index (κ1) is 94.5. The summed E-state index contributed by atoms with van der Waals surface area (Å²) in [6, 6.07) is 0. The maximum absolute atomic E-state index is 13.1. The SMILES string of the molecule is CCCCCC/C=C\C=C/CCCCCCCC(=O)O[C@H](COC(=O)CCCCCCCCCCCCCCCCCCCCC(C)C)COP(=O)(O)OCC(O)COP(=O)(O)OC[C@@H](COC(=O)CCCCCCCCCCC(C)C)OC(=O)CCCCCCCCC(C)CC. The quantitative estimate of drug-likeness (QED) is 0.0169. The van der Waals surface area contributed by atoms with Crippen molar-refractivity contribution < 1.29 is 80.2 Å². The number of phosphoric ester groups is 2. The van der Waals surface area contributed by atoms with Gasteiger partial charge in [0.15, 0.2) is 12.2 Å². The third kappa shape index (κ3) is 70.4. The third-order valence-electron chi connectivity index (χ3n) is 17.9. The molecule has 0 radical (unpaired) electrons. The summed E-state index contributed by atoms with van der Waals surface area (Å²) in [6.07, 6.45) is 57.9. The van der Waals surface area contributed by atoms with Crippen LogP contribution < -0.4 is 0 Å². The number of carbonyl (C=O) groups excluding carboxylic acids is 4. The lowest BCUT2D eigenvalue weighted by Crippen LogP contribution is -2.30. The number of esters is 4. The molecule has 0 aromatic carbocycles. The molecule has 3 N–H and O–H groups in total. The van der Waals surface area contributed by atoms with Crippen LogP contribution in [0.15, 0.2) is 24.3 Å². The van der Waals surface area contributed by atoms with Crippen molar-refractivity contribution >= 4 is 39.5 Å². The van der Waals surface area contributed by atoms with Gasteiger partial charge in [-0.2, -0.15) is 0 Å². The summed E-state index contributed by atoms with van der Waals surface area (Å²) < 4.78 is 68.5. The number of aliphatic hydroxyl groups excluding tert-OH is 1. The number of aliphatic hydroxyl groups is 1. The second kappa shape index (κ2) is 68.0. The molecule has 0 heterocycles. The highest BCUT2D eigenvalue weighted by atomic mass is 31.2. The Bertz CT molecular complexity index is 1980. The fourth-order valence-corrected chi connectivity index (χ4v) is 13.0. The van der Waals surface area contributed by atoms with E-state index in [2.05, 4.69) is 72.8 Å². The van der Waals surface area contributed by atoms with E-state index in [1.165, 1.54) is 173 Å². The molecule has 0 saturated carbocycles. The van der Waals surface area contributed by atoms with Gasteiger partial charge in [-0.15, -0.1) is 0 Å². The molecule has 97 heavy (non-hydrogen) atoms. The summed E-state index contributed by atoms with van der Waals surface area (Å²) in [4.78, 5) is 72.8. The van der Waals surface area contributed by atoms with Crippen molar-refractivity contribution in [3.63, 3.8) is 0 Å². The molecule has 0 aliphatic carbocycles. The van der Waals surface area contributed by atoms with Crippen molar-refractivity contribution in [3.05, 3.63) is 24.3 Å². The number of unbranched alkanes of at least 4 members (excludes halogenated alkanes) is 38. The summed E-state index contributed by atoms with van der Waals surface area (Å²) in [5.41, 5.74) is 0. The zero-order chi connectivity index (χ0) is 71.6. The number of phosphoric acid groups is 2. The molecule has 17 nitrogen and oxygen atoms in total. The molecule has 0 fully saturated rings. The highest BCUT2D eigenvalue weighted by Gasteiger charge is 2.30. The Morgan fingerprint density at radius 1 is 0.340 bits per heavy atom. The van der Waals surface area contributed by atoms with Gasteiger partial charge in [-0.1, -0.05) is 323 Å². The summed E-state index contributed by atoms with van der Waals surface area (Å²) in [5.74, 6) is 0.114. The molecule has 572 valence electrons. The highest BCUT2D eigenvalue weighted by molar-refractivity contribution is 7.47. The molecule has 0 aliphatic rings. The lowest BCUT2D eigenvalue weighted by Gasteiger charge is -2.21. The minimum absolute atomic E-state index is 0.0850. The van der Waals surface area contributed by atoms with Gasteiger partial charge in [0.1, 0.15) is 19.3 Å². The summed E-state index contributed by atoms with van der Waals surface area (Å²) in [5, 5.41) is 10.6. The van der Waals surface area contributed by atoms with Gasteiger partial charge in [0, 0.05) is 25.7 Å². The van der Waals surface area contributed by atoms with E-state index >= 15 is 0 Å². The van der Waals surface area contributed by atoms with E-state index in [0.717, 1.165) is 120 Å². The van der Waals surface area contributed by atoms with E-state index in [0.29, 0.717) is 25.7 Å². The Kier molecular flexibility index (Phi) is 66.3. The van der Waals surface area contributed by atoms with Gasteiger partial charge in [0.05, 0.1) is 26.4 Å². The molecule has 0 saturated heterocycles. The van der Waals surface area contributed by atoms with Crippen LogP contribution in [0.1, 0.15) is 376 Å². The van der Waals surface area contributed by atoms with Crippen LogP contribution in [-0.2, 0) is 65.4 Å². The first-order chi connectivity index (χ1) is 46.8. The van der Waals surface area contributed by atoms with Crippen molar-refractivity contribution in [3.8, 4) is 0 Å². The minimum Gasteiger partial charge on any atom is -0.462 e. The summed E-state index contributed by atoms with van der Waals surface area (Å²) in [7, 11) is -9.93. The Morgan fingerprint density at radius 3 is 0.918 bits per heavy atom. The monoisotopic (exact) mass is 1420 g/mol. The molecule has 0 amide bonds. The molecule has 4 unspecified atom stereocenters. The second-order valence-electron chi connectivity index (χ2n) is 28.6. The van der Waals surface area contributed by atoms with E-state index in [1.807, 2.05) is 0 Å². The Labute approximate surface area is 592 Å². The highest BCUT2D eigenvalue weighted by Crippen LogP contribution is 2.45. The van der Waals surface area contributed by atoms with Gasteiger partial charge in [-0.05, 0) is 69.1 Å². The van der Waals surface area contributed by atoms with Crippen molar-refractivity contribution in [1.29, 1.82) is 0 Å². The first-order valence-corrected chi connectivity index (χ1v) is 42.7. The summed E-state index contributed by atoms with van der Waals surface area (Å²) >= 11 is 0. The standard InChI is InChI=1S/C78H148O17P2/c1-8-10-11-12-13-14-15-16-21-26-29-32-39-47-54-61-77(82)94-73(65-88-75(80)59-52-45-37-31-28-25-23-20-18-17-19-22-24-27-30-35-42-49-56-69(3)4)67-92-96(84,85)90-63-72(79)64-91-97(86,87)93-68-74(95-78(83)62-55-48-41-40-44-51-58-71(7)9-2)66-89-76(81)60-53-46-38-34-33-36-43-50-57-70(5)6/h14-16,21,69-74,79H,8-13,17-20,22-68H2,1-7H3,(H,84,85)(H,86,87)/b15-14-,21-16-/t71?,72?,73-,74-/m1/s1. The zero-order valence-corrected chi connectivity index (χ0v) is 64.8. The molecular weight excluding hydrogens is 1270 g/mol. The van der Waals surface area contributed by atoms with Gasteiger partial charge in [-0.25, -0.2) is 9.13 Å². The molecule has 0 aliphatic heterocycles. The second-order valence-corrected chi connectivity index (χ2v) is 31.5. The van der Waals surface area contributed by atoms with Gasteiger partial charge in [-0.3, -0.25) is 37.3 Å². The van der Waals surface area contributed by atoms with E-state index in [-0.39, 0.29) is 25.7 Å². The van der Waals surface area contributed by atoms with E-state index in [4.69, 9.17) is 37.0 Å². The van der Waals surface area contributed by atoms with Gasteiger partial charge < -0.3 is 33.8 Å².